The highest BCUT2D eigenvalue weighted by Crippen LogP contribution is 2.15. The van der Waals surface area contributed by atoms with E-state index in [-0.39, 0.29) is 0 Å². The Morgan fingerprint density at radius 1 is 1.43 bits per heavy atom. The molecule has 0 N–H and O–H groups in total. The fourth-order valence-corrected chi connectivity index (χ4v) is 1.49. The maximum absolute atomic E-state index is 4.35. The van der Waals surface area contributed by atoms with Gasteiger partial charge in [0.25, 0.3) is 6.33 Å². The zero-order valence-corrected chi connectivity index (χ0v) is 8.14. The van der Waals surface area contributed by atoms with E-state index in [0.29, 0.717) is 0 Å². The van der Waals surface area contributed by atoms with Crippen molar-refractivity contribution in [1.29, 1.82) is 0 Å². The zero-order chi connectivity index (χ0) is 9.97. The summed E-state index contributed by atoms with van der Waals surface area (Å²) in [5.41, 5.74) is 2.16. The van der Waals surface area contributed by atoms with Crippen LogP contribution in [0.4, 0.5) is 0 Å². The van der Waals surface area contributed by atoms with Crippen LogP contribution >= 0.6 is 0 Å². The molecule has 1 radical (unpaired) electrons. The van der Waals surface area contributed by atoms with Crippen molar-refractivity contribution >= 4 is 25.0 Å². The second-order valence-electron chi connectivity index (χ2n) is 3.17. The quantitative estimate of drug-likeness (QED) is 0.606. The molecule has 0 spiro atoms. The van der Waals surface area contributed by atoms with E-state index in [1.165, 1.54) is 0 Å². The number of benzene rings is 1. The van der Waals surface area contributed by atoms with Crippen LogP contribution < -0.4 is 4.48 Å². The van der Waals surface area contributed by atoms with Crippen LogP contribution in [0.25, 0.3) is 17.0 Å². The normalized spacial score (nSPS) is 11.2. The Balaban J connectivity index is 2.74. The summed E-state index contributed by atoms with van der Waals surface area (Å²) < 4.78 is 1.71. The number of fused-ring (bicyclic) bond motifs is 1. The molecule has 2 nitrogen and oxygen atoms in total. The van der Waals surface area contributed by atoms with Gasteiger partial charge in [0.1, 0.15) is 0 Å². The Hall–Kier alpha value is -1.64. The summed E-state index contributed by atoms with van der Waals surface area (Å²) in [5.74, 6) is 0. The van der Waals surface area contributed by atoms with Gasteiger partial charge >= 0.3 is 7.98 Å². The molecule has 1 heterocycles. The average Bonchev–Trinajstić information content (AvgIpc) is 2.18. The Morgan fingerprint density at radius 3 is 3.07 bits per heavy atom. The van der Waals surface area contributed by atoms with Crippen molar-refractivity contribution in [2.45, 2.75) is 6.92 Å². The molecule has 0 atom stereocenters. The smallest absolute Gasteiger partial charge is 0.306 e. The average molecular weight is 182 g/mol. The van der Waals surface area contributed by atoms with Gasteiger partial charge in [-0.2, -0.15) is 0 Å². The molecule has 2 rings (SSSR count). The lowest BCUT2D eigenvalue weighted by Gasteiger charge is -1.96. The van der Waals surface area contributed by atoms with Gasteiger partial charge in [0.05, 0.1) is 11.6 Å². The van der Waals surface area contributed by atoms with Gasteiger partial charge in [0, 0.05) is 5.56 Å². The van der Waals surface area contributed by atoms with E-state index >= 15 is 0 Å². The molecular formula is C11H11BN2+. The van der Waals surface area contributed by atoms with Crippen LogP contribution in [0.1, 0.15) is 12.5 Å². The lowest BCUT2D eigenvalue weighted by Crippen LogP contribution is -2.30. The molecule has 0 unspecified atom stereocenters. The first-order chi connectivity index (χ1) is 6.81. The molecule has 0 aliphatic carbocycles. The highest BCUT2D eigenvalue weighted by molar-refractivity contribution is 5.95. The zero-order valence-electron chi connectivity index (χ0n) is 8.14. The first kappa shape index (κ1) is 8.94. The van der Waals surface area contributed by atoms with Crippen LogP contribution in [-0.4, -0.2) is 13.0 Å². The number of nitrogens with zero attached hydrogens (tertiary/aromatic N) is 2. The number of aromatic nitrogens is 2. The lowest BCUT2D eigenvalue weighted by molar-refractivity contribution is -0.523. The topological polar surface area (TPSA) is 16.8 Å². The van der Waals surface area contributed by atoms with Crippen LogP contribution in [0.5, 0.6) is 0 Å². The number of hydrogen-bond donors (Lipinski definition) is 0. The predicted octanol–water partition coefficient (Wildman–Crippen LogP) is 1.22. The van der Waals surface area contributed by atoms with E-state index in [9.17, 15) is 0 Å². The minimum absolute atomic E-state index is 1.02. The minimum Gasteiger partial charge on any atom is -0.306 e. The van der Waals surface area contributed by atoms with E-state index in [1.54, 1.807) is 10.8 Å². The molecule has 0 saturated heterocycles. The summed E-state index contributed by atoms with van der Waals surface area (Å²) in [6.45, 7) is 2.00. The Bertz CT molecular complexity index is 492. The third-order valence-electron chi connectivity index (χ3n) is 2.08. The highest BCUT2D eigenvalue weighted by Gasteiger charge is 2.04. The number of rotatable bonds is 1. The molecule has 1 aromatic heterocycles. The Kier molecular flexibility index (Phi) is 2.31. The van der Waals surface area contributed by atoms with Crippen molar-refractivity contribution < 1.29 is 4.48 Å². The highest BCUT2D eigenvalue weighted by atomic mass is 14.9. The summed E-state index contributed by atoms with van der Waals surface area (Å²) in [7, 11) is 3.78. The van der Waals surface area contributed by atoms with Gasteiger partial charge < -0.3 is 4.48 Å². The second-order valence-corrected chi connectivity index (χ2v) is 3.17. The summed E-state index contributed by atoms with van der Waals surface area (Å²) in [6, 6.07) is 6.12. The van der Waals surface area contributed by atoms with Crippen molar-refractivity contribution in [3.05, 3.63) is 42.4 Å². The Labute approximate surface area is 84.3 Å². The van der Waals surface area contributed by atoms with Gasteiger partial charge in [-0.25, -0.2) is 0 Å². The predicted molar refractivity (Wildman–Crippen MR) is 59.2 cm³/mol. The van der Waals surface area contributed by atoms with E-state index in [1.807, 2.05) is 31.3 Å². The fourth-order valence-electron chi connectivity index (χ4n) is 1.49. The Morgan fingerprint density at radius 2 is 2.29 bits per heavy atom. The molecule has 2 aromatic rings. The fraction of sp³-hybridized carbons (Fsp3) is 0.0909. The van der Waals surface area contributed by atoms with Gasteiger partial charge in [0.2, 0.25) is 0 Å². The van der Waals surface area contributed by atoms with Crippen LogP contribution in [0.2, 0.25) is 0 Å². The molecule has 0 aliphatic rings. The standard InChI is InChI=1S/C11H11BN2/c1-2-4-9-5-3-6-10-7-14(12)8-13-11(9)10/h2-8,12H,1H3/q+1/b4-2+. The summed E-state index contributed by atoms with van der Waals surface area (Å²) in [4.78, 5) is 4.35. The number of para-hydroxylation sites is 1. The van der Waals surface area contributed by atoms with Crippen LogP contribution in [0.3, 0.4) is 0 Å². The molecule has 1 aromatic carbocycles. The first-order valence-corrected chi connectivity index (χ1v) is 4.55. The van der Waals surface area contributed by atoms with Crippen molar-refractivity contribution in [3.63, 3.8) is 0 Å². The van der Waals surface area contributed by atoms with Crippen molar-refractivity contribution in [2.75, 3.05) is 0 Å². The molecule has 0 amide bonds. The maximum Gasteiger partial charge on any atom is 0.375 e. The van der Waals surface area contributed by atoms with E-state index in [4.69, 9.17) is 0 Å². The number of hydrogen-bond acceptors (Lipinski definition) is 1. The van der Waals surface area contributed by atoms with Crippen molar-refractivity contribution in [3.8, 4) is 0 Å². The third-order valence-corrected chi connectivity index (χ3v) is 2.08. The van der Waals surface area contributed by atoms with Gasteiger partial charge in [-0.1, -0.05) is 29.3 Å². The molecule has 0 aliphatic heterocycles. The summed E-state index contributed by atoms with van der Waals surface area (Å²) in [6.07, 6.45) is 7.76. The monoisotopic (exact) mass is 182 g/mol. The third kappa shape index (κ3) is 1.53. The summed E-state index contributed by atoms with van der Waals surface area (Å²) in [5, 5.41) is 1.11. The van der Waals surface area contributed by atoms with Gasteiger partial charge in [-0.3, -0.25) is 0 Å². The molecule has 0 saturated carbocycles. The molecule has 14 heavy (non-hydrogen) atoms. The lowest BCUT2D eigenvalue weighted by atomic mass is 10.1. The molecular weight excluding hydrogens is 171 g/mol. The number of allylic oxidation sites excluding steroid dienone is 1. The molecule has 67 valence electrons. The van der Waals surface area contributed by atoms with E-state index in [0.717, 1.165) is 16.5 Å². The summed E-state index contributed by atoms with van der Waals surface area (Å²) >= 11 is 0. The first-order valence-electron chi connectivity index (χ1n) is 4.55. The van der Waals surface area contributed by atoms with Gasteiger partial charge in [0.15, 0.2) is 5.52 Å². The molecule has 0 bridgehead atoms. The van der Waals surface area contributed by atoms with Crippen LogP contribution in [0.15, 0.2) is 36.8 Å². The van der Waals surface area contributed by atoms with E-state index < -0.39 is 0 Å². The second kappa shape index (κ2) is 3.62. The van der Waals surface area contributed by atoms with Gasteiger partial charge in [-0.05, 0) is 13.0 Å². The molecule has 3 heteroatoms. The van der Waals surface area contributed by atoms with Crippen molar-refractivity contribution in [1.82, 2.24) is 4.98 Å². The van der Waals surface area contributed by atoms with Crippen LogP contribution in [0, 0.1) is 0 Å². The van der Waals surface area contributed by atoms with E-state index in [2.05, 4.69) is 25.1 Å². The maximum atomic E-state index is 4.35. The SMILES string of the molecule is [BH][n+]1cnc2c(/C=C/C)cccc2c1. The molecule has 0 fully saturated rings. The van der Waals surface area contributed by atoms with Crippen LogP contribution in [-0.2, 0) is 0 Å². The van der Waals surface area contributed by atoms with Crippen molar-refractivity contribution in [2.24, 2.45) is 0 Å². The van der Waals surface area contributed by atoms with Gasteiger partial charge in [-0.15, -0.1) is 0 Å². The largest absolute Gasteiger partial charge is 0.375 e. The minimum atomic E-state index is 1.02.